The van der Waals surface area contributed by atoms with Gasteiger partial charge in [0.2, 0.25) is 11.2 Å². The summed E-state index contributed by atoms with van der Waals surface area (Å²) in [5.41, 5.74) is 12.8. The first kappa shape index (κ1) is 28.5. The molecule has 5 aromatic rings. The Balaban J connectivity index is 1.79. The lowest BCUT2D eigenvalue weighted by atomic mass is 9.63. The first-order chi connectivity index (χ1) is 21.2. The van der Waals surface area contributed by atoms with Crippen LogP contribution in [0, 0.1) is 19.3 Å². The van der Waals surface area contributed by atoms with Crippen molar-refractivity contribution in [3.05, 3.63) is 112 Å². The average Bonchev–Trinajstić information content (AvgIpc) is 3.13. The minimum atomic E-state index is -0.297. The van der Waals surface area contributed by atoms with Gasteiger partial charge in [0, 0.05) is 23.6 Å². The molecular formula is C42H44N2+2. The smallest absolute Gasteiger partial charge is 0.157 e. The van der Waals surface area contributed by atoms with E-state index in [4.69, 9.17) is 6.42 Å². The fraction of sp³-hybridized carbons (Fsp3) is 0.333. The summed E-state index contributed by atoms with van der Waals surface area (Å²) in [6.07, 6.45) is 18.4. The van der Waals surface area contributed by atoms with Gasteiger partial charge in [-0.3, -0.25) is 0 Å². The van der Waals surface area contributed by atoms with Gasteiger partial charge in [0.15, 0.2) is 12.4 Å². The molecule has 2 heteroatoms. The normalized spacial score (nSPS) is 17.3. The van der Waals surface area contributed by atoms with Crippen molar-refractivity contribution in [2.75, 3.05) is 0 Å². The molecule has 0 bridgehead atoms. The molecule has 0 saturated heterocycles. The number of hydrogen-bond acceptors (Lipinski definition) is 0. The fourth-order valence-electron chi connectivity index (χ4n) is 8.45. The molecule has 0 unspecified atom stereocenters. The largest absolute Gasteiger partial charge is 0.288 e. The second-order valence-electron chi connectivity index (χ2n) is 13.6. The van der Waals surface area contributed by atoms with E-state index in [0.717, 1.165) is 19.3 Å². The number of pyridine rings is 3. The first-order valence-corrected chi connectivity index (χ1v) is 16.5. The van der Waals surface area contributed by atoms with Crippen molar-refractivity contribution >= 4 is 32.6 Å². The molecule has 0 atom stereocenters. The van der Waals surface area contributed by atoms with Crippen LogP contribution in [0.15, 0.2) is 84.2 Å². The number of fused-ring (bicyclic) bond motifs is 7. The van der Waals surface area contributed by atoms with Gasteiger partial charge >= 0.3 is 0 Å². The monoisotopic (exact) mass is 576 g/mol. The van der Waals surface area contributed by atoms with E-state index in [1.54, 1.807) is 0 Å². The third-order valence-electron chi connectivity index (χ3n) is 11.1. The topological polar surface area (TPSA) is 7.98 Å². The van der Waals surface area contributed by atoms with Gasteiger partial charge in [0.05, 0.1) is 27.1 Å². The standard InChI is InChI=1S/C42H44N2/c1-9-13-17-29-25-30-21-23-44-38-31-20-19-27(5)24-32(31)35-18-14-15-22-43(35)40(38)42(11-3,12-4)33(16-10-2)36-28(6)41(7,8)34(26-29)37(30)39(36)44/h2,14-16,18-26H,9,11-13,17H2,1,3-8H3/q+2. The number of aryl methyl sites for hydroxylation is 2. The van der Waals surface area contributed by atoms with Crippen LogP contribution in [-0.4, -0.2) is 0 Å². The lowest BCUT2D eigenvalue weighted by molar-refractivity contribution is -0.611. The Morgan fingerprint density at radius 3 is 2.43 bits per heavy atom. The van der Waals surface area contributed by atoms with Crippen molar-refractivity contribution in [3.63, 3.8) is 0 Å². The Kier molecular flexibility index (Phi) is 6.60. The molecule has 2 aromatic carbocycles. The summed E-state index contributed by atoms with van der Waals surface area (Å²) in [5, 5.41) is 5.26. The second kappa shape index (κ2) is 10.2. The maximum Gasteiger partial charge on any atom is 0.288 e. The number of hydrogen-bond donors (Lipinski definition) is 0. The summed E-state index contributed by atoms with van der Waals surface area (Å²) >= 11 is 0. The maximum absolute atomic E-state index is 6.26. The molecule has 0 N–H and O–H groups in total. The summed E-state index contributed by atoms with van der Waals surface area (Å²) in [6, 6.07) is 20.9. The fourth-order valence-corrected chi connectivity index (χ4v) is 8.45. The number of aromatic nitrogens is 2. The zero-order chi connectivity index (χ0) is 31.0. The number of allylic oxidation sites excluding steroid dienone is 4. The molecule has 1 aliphatic carbocycles. The number of nitrogens with zero attached hydrogens (tertiary/aromatic N) is 2. The van der Waals surface area contributed by atoms with Gasteiger partial charge in [-0.25, -0.2) is 0 Å². The molecule has 1 aliphatic heterocycles. The molecule has 2 aliphatic rings. The van der Waals surface area contributed by atoms with E-state index in [0.29, 0.717) is 0 Å². The molecule has 220 valence electrons. The number of unbranched alkanes of at least 4 members (excludes halogenated alkanes) is 1. The van der Waals surface area contributed by atoms with Crippen LogP contribution in [0.25, 0.3) is 38.3 Å². The zero-order valence-electron chi connectivity index (χ0n) is 27.4. The van der Waals surface area contributed by atoms with Gasteiger partial charge in [-0.15, -0.1) is 6.42 Å². The van der Waals surface area contributed by atoms with Crippen LogP contribution in [0.4, 0.5) is 0 Å². The summed E-state index contributed by atoms with van der Waals surface area (Å²) < 4.78 is 5.01. The molecule has 0 saturated carbocycles. The Hall–Kier alpha value is -4.22. The van der Waals surface area contributed by atoms with Crippen LogP contribution >= 0.6 is 0 Å². The highest BCUT2D eigenvalue weighted by molar-refractivity contribution is 6.05. The van der Waals surface area contributed by atoms with Crippen LogP contribution in [0.3, 0.4) is 0 Å². The van der Waals surface area contributed by atoms with Crippen LogP contribution in [0.1, 0.15) is 95.3 Å². The Labute approximate surface area is 262 Å². The second-order valence-corrected chi connectivity index (χ2v) is 13.6. The van der Waals surface area contributed by atoms with Gasteiger partial charge in [0.25, 0.3) is 11.4 Å². The van der Waals surface area contributed by atoms with E-state index >= 15 is 0 Å². The predicted molar refractivity (Wildman–Crippen MR) is 184 cm³/mol. The van der Waals surface area contributed by atoms with Gasteiger partial charge in [-0.1, -0.05) is 70.7 Å². The SMILES string of the molecule is C#CC=C1C2=C(C)C(C)(C)c3cc(CCCC)cc4cc[n+](c2c34)-c2c([n+]3ccccc3c3cc(C)ccc23)C1(CC)CC. The third kappa shape index (κ3) is 3.68. The van der Waals surface area contributed by atoms with Gasteiger partial charge in [-0.2, -0.15) is 8.97 Å². The van der Waals surface area contributed by atoms with Crippen LogP contribution in [0.2, 0.25) is 0 Å². The Bertz CT molecular complexity index is 2130. The van der Waals surface area contributed by atoms with E-state index in [2.05, 4.69) is 136 Å². The third-order valence-corrected chi connectivity index (χ3v) is 11.1. The van der Waals surface area contributed by atoms with Crippen LogP contribution in [0.5, 0.6) is 0 Å². The van der Waals surface area contributed by atoms with E-state index in [1.165, 1.54) is 90.4 Å². The quantitative estimate of drug-likeness (QED) is 0.112. The van der Waals surface area contributed by atoms with Crippen molar-refractivity contribution in [1.82, 2.24) is 0 Å². The molecule has 2 nitrogen and oxygen atoms in total. The Morgan fingerprint density at radius 2 is 1.70 bits per heavy atom. The highest BCUT2D eigenvalue weighted by Crippen LogP contribution is 2.55. The summed E-state index contributed by atoms with van der Waals surface area (Å²) in [4.78, 5) is 0. The highest BCUT2D eigenvalue weighted by atomic mass is 15.0. The molecule has 44 heavy (non-hydrogen) atoms. The molecular weight excluding hydrogens is 532 g/mol. The molecule has 0 fully saturated rings. The lowest BCUT2D eigenvalue weighted by Crippen LogP contribution is -2.45. The molecule has 3 aromatic heterocycles. The summed E-state index contributed by atoms with van der Waals surface area (Å²) in [5.74, 6) is 3.04. The van der Waals surface area contributed by atoms with E-state index in [9.17, 15) is 0 Å². The Morgan fingerprint density at radius 1 is 0.909 bits per heavy atom. The molecule has 0 amide bonds. The number of benzene rings is 2. The van der Waals surface area contributed by atoms with Crippen LogP contribution < -0.4 is 8.97 Å². The first-order valence-electron chi connectivity index (χ1n) is 16.5. The van der Waals surface area contributed by atoms with Crippen molar-refractivity contribution in [1.29, 1.82) is 0 Å². The van der Waals surface area contributed by atoms with Gasteiger partial charge in [0.1, 0.15) is 0 Å². The molecule has 4 heterocycles. The summed E-state index contributed by atoms with van der Waals surface area (Å²) in [7, 11) is 0. The molecule has 7 rings (SSSR count). The minimum Gasteiger partial charge on any atom is -0.157 e. The molecule has 0 radical (unpaired) electrons. The van der Waals surface area contributed by atoms with Crippen molar-refractivity contribution in [3.8, 4) is 18.0 Å². The minimum absolute atomic E-state index is 0.145. The van der Waals surface area contributed by atoms with Crippen molar-refractivity contribution < 1.29 is 8.97 Å². The molecule has 0 spiro atoms. The summed E-state index contributed by atoms with van der Waals surface area (Å²) in [6.45, 7) is 16.4. The van der Waals surface area contributed by atoms with Crippen LogP contribution in [-0.2, 0) is 17.3 Å². The van der Waals surface area contributed by atoms with Crippen molar-refractivity contribution in [2.45, 2.75) is 91.4 Å². The highest BCUT2D eigenvalue weighted by Gasteiger charge is 2.54. The van der Waals surface area contributed by atoms with Gasteiger partial charge < -0.3 is 0 Å². The maximum atomic E-state index is 6.26. The predicted octanol–water partition coefficient (Wildman–Crippen LogP) is 9.36. The average molecular weight is 577 g/mol. The zero-order valence-corrected chi connectivity index (χ0v) is 27.4. The van der Waals surface area contributed by atoms with E-state index < -0.39 is 0 Å². The van der Waals surface area contributed by atoms with E-state index in [-0.39, 0.29) is 10.8 Å². The lowest BCUT2D eigenvalue weighted by Gasteiger charge is -2.37. The van der Waals surface area contributed by atoms with Gasteiger partial charge in [-0.05, 0) is 91.5 Å². The van der Waals surface area contributed by atoms with Crippen molar-refractivity contribution in [2.24, 2.45) is 0 Å². The van der Waals surface area contributed by atoms with E-state index in [1.807, 2.05) is 0 Å². The number of rotatable bonds is 5. The number of terminal acetylenes is 1.